The molecular formula is C17H23NO6. The summed E-state index contributed by atoms with van der Waals surface area (Å²) in [5.41, 5.74) is 0.834. The van der Waals surface area contributed by atoms with E-state index < -0.39 is 10.9 Å². The van der Waals surface area contributed by atoms with Crippen LogP contribution in [-0.4, -0.2) is 23.5 Å². The van der Waals surface area contributed by atoms with Crippen LogP contribution in [0.4, 0.5) is 5.69 Å². The molecule has 1 aromatic carbocycles. The van der Waals surface area contributed by atoms with Crippen molar-refractivity contribution in [1.82, 2.24) is 0 Å². The number of ether oxygens (including phenoxy) is 2. The molecule has 1 aromatic rings. The van der Waals surface area contributed by atoms with Crippen molar-refractivity contribution in [3.05, 3.63) is 39.4 Å². The second-order valence-electron chi connectivity index (χ2n) is 5.43. The van der Waals surface area contributed by atoms with Gasteiger partial charge in [0.15, 0.2) is 0 Å². The highest BCUT2D eigenvalue weighted by atomic mass is 16.6. The van der Waals surface area contributed by atoms with E-state index in [-0.39, 0.29) is 31.1 Å². The molecule has 0 N–H and O–H groups in total. The minimum Gasteiger partial charge on any atom is -0.466 e. The molecular weight excluding hydrogens is 314 g/mol. The third-order valence-electron chi connectivity index (χ3n) is 3.42. The maximum absolute atomic E-state index is 11.7. The summed E-state index contributed by atoms with van der Waals surface area (Å²) in [6.45, 7) is 3.88. The number of benzene rings is 1. The Hall–Kier alpha value is -2.44. The van der Waals surface area contributed by atoms with Crippen LogP contribution in [0.2, 0.25) is 0 Å². The summed E-state index contributed by atoms with van der Waals surface area (Å²) >= 11 is 0. The number of nitro benzene ring substituents is 1. The summed E-state index contributed by atoms with van der Waals surface area (Å²) in [5.74, 6) is -0.822. The van der Waals surface area contributed by atoms with Gasteiger partial charge in [-0.3, -0.25) is 19.7 Å². The predicted molar refractivity (Wildman–Crippen MR) is 87.3 cm³/mol. The van der Waals surface area contributed by atoms with Gasteiger partial charge in [-0.05, 0) is 25.8 Å². The molecule has 0 heterocycles. The van der Waals surface area contributed by atoms with Gasteiger partial charge < -0.3 is 9.47 Å². The second-order valence-corrected chi connectivity index (χ2v) is 5.43. The average Bonchev–Trinajstić information content (AvgIpc) is 2.52. The first-order valence-corrected chi connectivity index (χ1v) is 7.99. The van der Waals surface area contributed by atoms with Crippen molar-refractivity contribution in [3.8, 4) is 0 Å². The molecule has 0 atom stereocenters. The number of nitro groups is 1. The number of nitrogens with zero attached hydrogens (tertiary/aromatic N) is 1. The lowest BCUT2D eigenvalue weighted by atomic mass is 10.1. The Morgan fingerprint density at radius 2 is 1.79 bits per heavy atom. The molecule has 7 heteroatoms. The zero-order chi connectivity index (χ0) is 17.9. The summed E-state index contributed by atoms with van der Waals surface area (Å²) in [5, 5.41) is 11.1. The van der Waals surface area contributed by atoms with Crippen molar-refractivity contribution >= 4 is 17.6 Å². The summed E-state index contributed by atoms with van der Waals surface area (Å²) < 4.78 is 10.0. The Morgan fingerprint density at radius 1 is 1.12 bits per heavy atom. The molecule has 0 aliphatic rings. The molecule has 0 radical (unpaired) electrons. The normalized spacial score (nSPS) is 10.2. The van der Waals surface area contributed by atoms with Crippen molar-refractivity contribution in [1.29, 1.82) is 0 Å². The third kappa shape index (κ3) is 6.76. The number of para-hydroxylation sites is 1. The van der Waals surface area contributed by atoms with Crippen LogP contribution in [0.3, 0.4) is 0 Å². The molecule has 7 nitrogen and oxygen atoms in total. The topological polar surface area (TPSA) is 95.7 Å². The first kappa shape index (κ1) is 19.6. The highest BCUT2D eigenvalue weighted by Crippen LogP contribution is 2.23. The number of carbonyl (C=O) groups is 2. The van der Waals surface area contributed by atoms with E-state index in [1.165, 1.54) is 0 Å². The van der Waals surface area contributed by atoms with Gasteiger partial charge in [0.05, 0.1) is 17.1 Å². The van der Waals surface area contributed by atoms with Gasteiger partial charge in [-0.15, -0.1) is 0 Å². The van der Waals surface area contributed by atoms with E-state index in [0.29, 0.717) is 24.2 Å². The van der Waals surface area contributed by atoms with Gasteiger partial charge in [-0.25, -0.2) is 0 Å². The standard InChI is InChI=1S/C17H23NO6/c1-3-4-11-23-15(19)9-6-10-16(20)24-12-14-8-5-7-13(2)17(14)18(21)22/h5,7-8H,3-4,6,9-12H2,1-2H3. The van der Waals surface area contributed by atoms with E-state index in [0.717, 1.165) is 12.8 Å². The van der Waals surface area contributed by atoms with Crippen molar-refractivity contribution < 1.29 is 24.0 Å². The lowest BCUT2D eigenvalue weighted by Gasteiger charge is -2.07. The Kier molecular flexibility index (Phi) is 8.46. The zero-order valence-electron chi connectivity index (χ0n) is 14.1. The molecule has 24 heavy (non-hydrogen) atoms. The highest BCUT2D eigenvalue weighted by molar-refractivity contribution is 5.72. The molecule has 0 aromatic heterocycles. The van der Waals surface area contributed by atoms with Gasteiger partial charge in [-0.2, -0.15) is 0 Å². The SMILES string of the molecule is CCCCOC(=O)CCCC(=O)OCc1cccc(C)c1[N+](=O)[O-]. The van der Waals surface area contributed by atoms with Crippen molar-refractivity contribution in [3.63, 3.8) is 0 Å². The van der Waals surface area contributed by atoms with Gasteiger partial charge in [0.25, 0.3) is 5.69 Å². The molecule has 0 aliphatic heterocycles. The van der Waals surface area contributed by atoms with Crippen LogP contribution in [0.1, 0.15) is 50.2 Å². The van der Waals surface area contributed by atoms with E-state index in [1.807, 2.05) is 6.92 Å². The van der Waals surface area contributed by atoms with Gasteiger partial charge in [-0.1, -0.05) is 25.5 Å². The maximum atomic E-state index is 11.7. The number of unbranched alkanes of at least 4 members (excludes halogenated alkanes) is 1. The van der Waals surface area contributed by atoms with Gasteiger partial charge in [0.2, 0.25) is 0 Å². The molecule has 0 saturated heterocycles. The highest BCUT2D eigenvalue weighted by Gasteiger charge is 2.18. The number of aryl methyl sites for hydroxylation is 1. The lowest BCUT2D eigenvalue weighted by molar-refractivity contribution is -0.386. The first-order chi connectivity index (χ1) is 11.5. The fourth-order valence-electron chi connectivity index (χ4n) is 2.11. The van der Waals surface area contributed by atoms with Crippen molar-refractivity contribution in [2.75, 3.05) is 6.61 Å². The lowest BCUT2D eigenvalue weighted by Crippen LogP contribution is -2.09. The monoisotopic (exact) mass is 337 g/mol. The largest absolute Gasteiger partial charge is 0.466 e. The number of rotatable bonds is 10. The Bertz CT molecular complexity index is 584. The third-order valence-corrected chi connectivity index (χ3v) is 3.42. The van der Waals surface area contributed by atoms with Crippen LogP contribution in [0, 0.1) is 17.0 Å². The van der Waals surface area contributed by atoms with E-state index in [1.54, 1.807) is 25.1 Å². The van der Waals surface area contributed by atoms with Crippen molar-refractivity contribution in [2.45, 2.75) is 52.6 Å². The van der Waals surface area contributed by atoms with Crippen LogP contribution < -0.4 is 0 Å². The second kappa shape index (κ2) is 10.4. The quantitative estimate of drug-likeness (QED) is 0.281. The first-order valence-electron chi connectivity index (χ1n) is 7.99. The predicted octanol–water partition coefficient (Wildman–Crippen LogP) is 3.46. The number of carbonyl (C=O) groups excluding carboxylic acids is 2. The molecule has 0 saturated carbocycles. The van der Waals surface area contributed by atoms with Crippen molar-refractivity contribution in [2.24, 2.45) is 0 Å². The summed E-state index contributed by atoms with van der Waals surface area (Å²) in [6, 6.07) is 4.87. The van der Waals surface area contributed by atoms with Crippen LogP contribution in [-0.2, 0) is 25.7 Å². The minimum atomic E-state index is -0.493. The molecule has 0 bridgehead atoms. The number of hydrogen-bond acceptors (Lipinski definition) is 6. The van der Waals surface area contributed by atoms with Crippen LogP contribution in [0.5, 0.6) is 0 Å². The maximum Gasteiger partial charge on any atom is 0.306 e. The zero-order valence-corrected chi connectivity index (χ0v) is 14.1. The average molecular weight is 337 g/mol. The molecule has 0 unspecified atom stereocenters. The Morgan fingerprint density at radius 3 is 2.42 bits per heavy atom. The molecule has 132 valence electrons. The van der Waals surface area contributed by atoms with E-state index >= 15 is 0 Å². The van der Waals surface area contributed by atoms with Crippen LogP contribution in [0.15, 0.2) is 18.2 Å². The molecule has 0 spiro atoms. The minimum absolute atomic E-state index is 0.0372. The Balaban J connectivity index is 2.36. The molecule has 1 rings (SSSR count). The fourth-order valence-corrected chi connectivity index (χ4v) is 2.11. The summed E-state index contributed by atoms with van der Waals surface area (Å²) in [6.07, 6.45) is 2.33. The van der Waals surface area contributed by atoms with Gasteiger partial charge in [0, 0.05) is 18.4 Å². The number of esters is 2. The smallest absolute Gasteiger partial charge is 0.306 e. The van der Waals surface area contributed by atoms with E-state index in [9.17, 15) is 19.7 Å². The van der Waals surface area contributed by atoms with Crippen LogP contribution in [0.25, 0.3) is 0 Å². The van der Waals surface area contributed by atoms with E-state index in [2.05, 4.69) is 0 Å². The molecule has 0 fully saturated rings. The van der Waals surface area contributed by atoms with E-state index in [4.69, 9.17) is 9.47 Å². The summed E-state index contributed by atoms with van der Waals surface area (Å²) in [4.78, 5) is 33.6. The summed E-state index contributed by atoms with van der Waals surface area (Å²) in [7, 11) is 0. The van der Waals surface area contributed by atoms with Gasteiger partial charge in [0.1, 0.15) is 6.61 Å². The Labute approximate surface area is 141 Å². The van der Waals surface area contributed by atoms with Gasteiger partial charge >= 0.3 is 11.9 Å². The molecule has 0 aliphatic carbocycles. The van der Waals surface area contributed by atoms with Crippen LogP contribution >= 0.6 is 0 Å². The molecule has 0 amide bonds. The fraction of sp³-hybridized carbons (Fsp3) is 0.529. The number of hydrogen-bond donors (Lipinski definition) is 0.